The van der Waals surface area contributed by atoms with Crippen molar-refractivity contribution < 1.29 is 0 Å². The van der Waals surface area contributed by atoms with Crippen molar-refractivity contribution in [2.75, 3.05) is 0 Å². The largest absolute Gasteiger partial charge is 0.335 e. The summed E-state index contributed by atoms with van der Waals surface area (Å²) in [5.41, 5.74) is 7.95. The smallest absolute Gasteiger partial charge is 0.178 e. The van der Waals surface area contributed by atoms with Crippen LogP contribution in [0.1, 0.15) is 5.56 Å². The van der Waals surface area contributed by atoms with Gasteiger partial charge in [-0.1, -0.05) is 6.07 Å². The van der Waals surface area contributed by atoms with Gasteiger partial charge in [0, 0.05) is 53.1 Å². The lowest BCUT2D eigenvalue weighted by Gasteiger charge is -2.04. The summed E-state index contributed by atoms with van der Waals surface area (Å²) in [6.45, 7) is 2.05. The topological polar surface area (TPSA) is 109 Å². The van der Waals surface area contributed by atoms with E-state index in [1.807, 2.05) is 49.6 Å². The predicted octanol–water partition coefficient (Wildman–Crippen LogP) is 4.33. The number of nitrogens with one attached hydrogen (secondary N) is 2. The summed E-state index contributed by atoms with van der Waals surface area (Å²) < 4.78 is 0. The van der Waals surface area contributed by atoms with Gasteiger partial charge in [0.1, 0.15) is 5.69 Å². The highest BCUT2D eigenvalue weighted by molar-refractivity contribution is 5.96. The second-order valence-corrected chi connectivity index (χ2v) is 7.26. The number of imidazole rings is 1. The van der Waals surface area contributed by atoms with E-state index in [4.69, 9.17) is 4.98 Å². The van der Waals surface area contributed by atoms with Crippen LogP contribution in [0.3, 0.4) is 0 Å². The van der Waals surface area contributed by atoms with Gasteiger partial charge in [-0.15, -0.1) is 0 Å². The SMILES string of the molecule is Cc1ccncc1-c1cc2c(-c3nc4nccc(-c5cccnc5)c4[nH]3)n[nH]c2cn1. The number of hydrogen-bond donors (Lipinski definition) is 2. The molecular formula is C23H16N8. The summed E-state index contributed by atoms with van der Waals surface area (Å²) in [4.78, 5) is 25.6. The van der Waals surface area contributed by atoms with Gasteiger partial charge in [-0.05, 0) is 36.8 Å². The van der Waals surface area contributed by atoms with Gasteiger partial charge in [-0.2, -0.15) is 5.10 Å². The summed E-state index contributed by atoms with van der Waals surface area (Å²) in [7, 11) is 0. The Morgan fingerprint density at radius 1 is 0.871 bits per heavy atom. The van der Waals surface area contributed by atoms with Crippen molar-refractivity contribution in [3.63, 3.8) is 0 Å². The van der Waals surface area contributed by atoms with Gasteiger partial charge in [-0.25, -0.2) is 9.97 Å². The van der Waals surface area contributed by atoms with Gasteiger partial charge in [0.05, 0.1) is 22.9 Å². The fourth-order valence-corrected chi connectivity index (χ4v) is 3.76. The van der Waals surface area contributed by atoms with Crippen LogP contribution in [0.5, 0.6) is 0 Å². The van der Waals surface area contributed by atoms with E-state index in [0.717, 1.165) is 50.1 Å². The first kappa shape index (κ1) is 17.4. The van der Waals surface area contributed by atoms with Crippen molar-refractivity contribution in [2.45, 2.75) is 6.92 Å². The molecule has 0 unspecified atom stereocenters. The minimum absolute atomic E-state index is 0.630. The maximum absolute atomic E-state index is 4.71. The van der Waals surface area contributed by atoms with E-state index in [2.05, 4.69) is 35.1 Å². The molecule has 6 rings (SSSR count). The van der Waals surface area contributed by atoms with E-state index in [0.29, 0.717) is 11.5 Å². The molecular weight excluding hydrogens is 388 g/mol. The zero-order valence-corrected chi connectivity index (χ0v) is 16.5. The lowest BCUT2D eigenvalue weighted by atomic mass is 10.1. The molecule has 0 spiro atoms. The van der Waals surface area contributed by atoms with Crippen LogP contribution in [0.2, 0.25) is 0 Å². The summed E-state index contributed by atoms with van der Waals surface area (Å²) in [5.74, 6) is 0.644. The van der Waals surface area contributed by atoms with E-state index in [1.165, 1.54) is 0 Å². The molecule has 148 valence electrons. The highest BCUT2D eigenvalue weighted by Crippen LogP contribution is 2.31. The van der Waals surface area contributed by atoms with Crippen LogP contribution in [-0.2, 0) is 0 Å². The van der Waals surface area contributed by atoms with E-state index in [1.54, 1.807) is 24.8 Å². The lowest BCUT2D eigenvalue weighted by molar-refractivity contribution is 1.10. The molecule has 6 heterocycles. The number of nitrogens with zero attached hydrogens (tertiary/aromatic N) is 6. The van der Waals surface area contributed by atoms with Gasteiger partial charge >= 0.3 is 0 Å². The van der Waals surface area contributed by atoms with Crippen LogP contribution < -0.4 is 0 Å². The van der Waals surface area contributed by atoms with Crippen LogP contribution in [0, 0.1) is 6.92 Å². The molecule has 0 saturated heterocycles. The third-order valence-electron chi connectivity index (χ3n) is 5.35. The quantitative estimate of drug-likeness (QED) is 0.454. The van der Waals surface area contributed by atoms with E-state index >= 15 is 0 Å². The first-order valence-corrected chi connectivity index (χ1v) is 9.78. The molecule has 0 aliphatic carbocycles. The second-order valence-electron chi connectivity index (χ2n) is 7.26. The molecule has 31 heavy (non-hydrogen) atoms. The zero-order chi connectivity index (χ0) is 20.8. The van der Waals surface area contributed by atoms with Crippen LogP contribution >= 0.6 is 0 Å². The Labute approximate surface area is 176 Å². The van der Waals surface area contributed by atoms with Crippen molar-refractivity contribution in [1.29, 1.82) is 0 Å². The maximum atomic E-state index is 4.71. The summed E-state index contributed by atoms with van der Waals surface area (Å²) in [6.07, 6.45) is 10.7. The van der Waals surface area contributed by atoms with Crippen LogP contribution in [0.15, 0.2) is 67.5 Å². The zero-order valence-electron chi connectivity index (χ0n) is 16.5. The molecule has 0 aliphatic heterocycles. The molecule has 8 heteroatoms. The van der Waals surface area contributed by atoms with Crippen LogP contribution in [-0.4, -0.2) is 40.1 Å². The highest BCUT2D eigenvalue weighted by atomic mass is 15.1. The third kappa shape index (κ3) is 2.84. The van der Waals surface area contributed by atoms with Gasteiger partial charge in [-0.3, -0.25) is 20.1 Å². The van der Waals surface area contributed by atoms with Crippen molar-refractivity contribution in [3.05, 3.63) is 73.1 Å². The molecule has 6 aromatic rings. The van der Waals surface area contributed by atoms with Crippen LogP contribution in [0.4, 0.5) is 0 Å². The first-order chi connectivity index (χ1) is 15.3. The van der Waals surface area contributed by atoms with Gasteiger partial charge in [0.25, 0.3) is 0 Å². The number of H-pyrrole nitrogens is 2. The Bertz CT molecular complexity index is 1550. The number of aromatic amines is 2. The summed E-state index contributed by atoms with van der Waals surface area (Å²) in [6, 6.07) is 9.87. The molecule has 0 aliphatic rings. The van der Waals surface area contributed by atoms with Gasteiger partial charge in [0.15, 0.2) is 11.5 Å². The molecule has 2 N–H and O–H groups in total. The molecule has 0 atom stereocenters. The highest BCUT2D eigenvalue weighted by Gasteiger charge is 2.17. The summed E-state index contributed by atoms with van der Waals surface area (Å²) >= 11 is 0. The lowest BCUT2D eigenvalue weighted by Crippen LogP contribution is -1.89. The Hall–Kier alpha value is -4.46. The Kier molecular flexibility index (Phi) is 3.82. The third-order valence-corrected chi connectivity index (χ3v) is 5.35. The molecule has 0 saturated carbocycles. The van der Waals surface area contributed by atoms with Crippen LogP contribution in [0.25, 0.3) is 56.0 Å². The maximum Gasteiger partial charge on any atom is 0.178 e. The van der Waals surface area contributed by atoms with Crippen molar-refractivity contribution >= 4 is 22.1 Å². The van der Waals surface area contributed by atoms with Gasteiger partial charge in [0.2, 0.25) is 0 Å². The molecule has 6 aromatic heterocycles. The average Bonchev–Trinajstić information content (AvgIpc) is 3.43. The monoisotopic (exact) mass is 404 g/mol. The molecule has 0 fully saturated rings. The van der Waals surface area contributed by atoms with E-state index in [-0.39, 0.29) is 0 Å². The number of aromatic nitrogens is 8. The van der Waals surface area contributed by atoms with E-state index in [9.17, 15) is 0 Å². The fraction of sp³-hybridized carbons (Fsp3) is 0.0435. The second kappa shape index (κ2) is 6.81. The predicted molar refractivity (Wildman–Crippen MR) is 118 cm³/mol. The Morgan fingerprint density at radius 2 is 1.81 bits per heavy atom. The first-order valence-electron chi connectivity index (χ1n) is 9.78. The Balaban J connectivity index is 1.52. The summed E-state index contributed by atoms with van der Waals surface area (Å²) in [5, 5.41) is 8.48. The fourth-order valence-electron chi connectivity index (χ4n) is 3.76. The number of fused-ring (bicyclic) bond motifs is 2. The molecule has 8 nitrogen and oxygen atoms in total. The van der Waals surface area contributed by atoms with Crippen molar-refractivity contribution in [3.8, 4) is 33.9 Å². The Morgan fingerprint density at radius 3 is 2.68 bits per heavy atom. The molecule has 0 amide bonds. The number of aryl methyl sites for hydroxylation is 1. The normalized spacial score (nSPS) is 11.4. The molecule has 0 bridgehead atoms. The number of rotatable bonds is 3. The number of pyridine rings is 4. The minimum atomic E-state index is 0.630. The standard InChI is InChI=1S/C23H16N8/c1-13-4-7-25-11-17(13)18-9-16-19(12-27-18)30-31-21(16)23-28-20-15(5-8-26-22(20)29-23)14-3-2-6-24-10-14/h2-12H,1H3,(H,30,31)(H,26,28,29). The van der Waals surface area contributed by atoms with Gasteiger partial charge < -0.3 is 4.98 Å². The number of hydrogen-bond acceptors (Lipinski definition) is 6. The minimum Gasteiger partial charge on any atom is -0.335 e. The average molecular weight is 404 g/mol. The molecule has 0 radical (unpaired) electrons. The van der Waals surface area contributed by atoms with E-state index < -0.39 is 0 Å². The molecule has 0 aromatic carbocycles. The van der Waals surface area contributed by atoms with Crippen molar-refractivity contribution in [1.82, 2.24) is 40.1 Å². The van der Waals surface area contributed by atoms with Crippen molar-refractivity contribution in [2.24, 2.45) is 0 Å².